The van der Waals surface area contributed by atoms with E-state index in [4.69, 9.17) is 9.52 Å². The molecule has 1 aromatic carbocycles. The van der Waals surface area contributed by atoms with E-state index in [1.807, 2.05) is 6.07 Å². The lowest BCUT2D eigenvalue weighted by atomic mass is 10.3. The summed E-state index contributed by atoms with van der Waals surface area (Å²) in [6.45, 7) is 0. The van der Waals surface area contributed by atoms with Crippen molar-refractivity contribution in [2.45, 2.75) is 0 Å². The predicted octanol–water partition coefficient (Wildman–Crippen LogP) is 2.13. The normalized spacial score (nSPS) is 10.5. The highest BCUT2D eigenvalue weighted by Crippen LogP contribution is 2.17. The summed E-state index contributed by atoms with van der Waals surface area (Å²) in [4.78, 5) is 14.3. The van der Waals surface area contributed by atoms with Crippen LogP contribution in [-0.2, 0) is 0 Å². The van der Waals surface area contributed by atoms with Gasteiger partial charge < -0.3 is 9.52 Å². The van der Waals surface area contributed by atoms with Gasteiger partial charge in [-0.15, -0.1) is 0 Å². The molecule has 0 aliphatic carbocycles. The Kier molecular flexibility index (Phi) is 1.95. The van der Waals surface area contributed by atoms with E-state index < -0.39 is 5.97 Å². The van der Waals surface area contributed by atoms with Gasteiger partial charge in [-0.1, -0.05) is 0 Å². The second-order valence-corrected chi connectivity index (χ2v) is 3.68. The van der Waals surface area contributed by atoms with Gasteiger partial charge in [0.25, 0.3) is 0 Å². The molecule has 0 saturated heterocycles. The topological polar surface area (TPSA) is 63.3 Å². The molecule has 0 atom stereocenters. The molecule has 0 spiro atoms. The molecular formula is C8H4INO3. The minimum Gasteiger partial charge on any atom is -0.474 e. The Bertz CT molecular complexity index is 477. The number of hydrogen-bond acceptors (Lipinski definition) is 3. The molecule has 13 heavy (non-hydrogen) atoms. The molecule has 2 rings (SSSR count). The Hall–Kier alpha value is -1.11. The van der Waals surface area contributed by atoms with E-state index >= 15 is 0 Å². The van der Waals surface area contributed by atoms with Crippen LogP contribution in [0.3, 0.4) is 0 Å². The number of carboxylic acids is 1. The van der Waals surface area contributed by atoms with Crippen molar-refractivity contribution in [1.29, 1.82) is 0 Å². The summed E-state index contributed by atoms with van der Waals surface area (Å²) in [7, 11) is 0. The van der Waals surface area contributed by atoms with E-state index in [1.54, 1.807) is 12.1 Å². The summed E-state index contributed by atoms with van der Waals surface area (Å²) in [5, 5.41) is 8.60. The first-order valence-corrected chi connectivity index (χ1v) is 4.54. The lowest BCUT2D eigenvalue weighted by Crippen LogP contribution is -1.94. The number of fused-ring (bicyclic) bond motifs is 1. The van der Waals surface area contributed by atoms with Crippen molar-refractivity contribution in [2.24, 2.45) is 0 Å². The fourth-order valence-corrected chi connectivity index (χ4v) is 1.47. The molecule has 2 aromatic rings. The van der Waals surface area contributed by atoms with Gasteiger partial charge in [-0.25, -0.2) is 9.78 Å². The summed E-state index contributed by atoms with van der Waals surface area (Å²) in [5.41, 5.74) is 1.07. The highest BCUT2D eigenvalue weighted by Gasteiger charge is 2.11. The molecule has 0 amide bonds. The standard InChI is InChI=1S/C8H4INO3/c9-4-1-2-6-5(3-4)10-7(13-6)8(11)12/h1-3H,(H,11,12). The third-order valence-electron chi connectivity index (χ3n) is 1.53. The number of carboxylic acid groups (broad SMARTS) is 1. The SMILES string of the molecule is O=C(O)c1nc2cc(I)ccc2o1. The quantitative estimate of drug-likeness (QED) is 0.817. The fraction of sp³-hybridized carbons (Fsp3) is 0. The van der Waals surface area contributed by atoms with E-state index in [2.05, 4.69) is 27.6 Å². The largest absolute Gasteiger partial charge is 0.474 e. The maximum Gasteiger partial charge on any atom is 0.392 e. The van der Waals surface area contributed by atoms with E-state index in [-0.39, 0.29) is 5.89 Å². The second-order valence-electron chi connectivity index (χ2n) is 2.44. The molecule has 66 valence electrons. The summed E-state index contributed by atoms with van der Waals surface area (Å²) in [6, 6.07) is 5.31. The summed E-state index contributed by atoms with van der Waals surface area (Å²) >= 11 is 2.13. The average molecular weight is 289 g/mol. The zero-order valence-corrected chi connectivity index (χ0v) is 8.48. The van der Waals surface area contributed by atoms with Gasteiger partial charge >= 0.3 is 11.9 Å². The van der Waals surface area contributed by atoms with Crippen LogP contribution in [0.25, 0.3) is 11.1 Å². The van der Waals surface area contributed by atoms with E-state index in [0.717, 1.165) is 3.57 Å². The van der Waals surface area contributed by atoms with Crippen LogP contribution in [0.1, 0.15) is 10.7 Å². The highest BCUT2D eigenvalue weighted by atomic mass is 127. The van der Waals surface area contributed by atoms with Gasteiger partial charge in [-0.05, 0) is 40.8 Å². The molecule has 4 nitrogen and oxygen atoms in total. The van der Waals surface area contributed by atoms with Crippen LogP contribution in [-0.4, -0.2) is 16.1 Å². The molecule has 0 saturated carbocycles. The first kappa shape index (κ1) is 8.49. The van der Waals surface area contributed by atoms with Crippen molar-refractivity contribution in [3.63, 3.8) is 0 Å². The second kappa shape index (κ2) is 2.99. The van der Waals surface area contributed by atoms with Crippen LogP contribution in [0, 0.1) is 3.57 Å². The van der Waals surface area contributed by atoms with Crippen LogP contribution in [0.5, 0.6) is 0 Å². The monoisotopic (exact) mass is 289 g/mol. The summed E-state index contributed by atoms with van der Waals surface area (Å²) < 4.78 is 5.97. The highest BCUT2D eigenvalue weighted by molar-refractivity contribution is 14.1. The number of nitrogens with zero attached hydrogens (tertiary/aromatic N) is 1. The van der Waals surface area contributed by atoms with Crippen LogP contribution in [0.4, 0.5) is 0 Å². The molecule has 5 heteroatoms. The lowest BCUT2D eigenvalue weighted by Gasteiger charge is -1.85. The van der Waals surface area contributed by atoms with Gasteiger partial charge in [0.15, 0.2) is 5.58 Å². The van der Waals surface area contributed by atoms with Gasteiger partial charge in [-0.2, -0.15) is 0 Å². The maximum atomic E-state index is 10.5. The molecular weight excluding hydrogens is 285 g/mol. The minimum absolute atomic E-state index is 0.267. The van der Waals surface area contributed by atoms with Gasteiger partial charge in [0.05, 0.1) is 0 Å². The molecule has 0 aliphatic rings. The van der Waals surface area contributed by atoms with Crippen molar-refractivity contribution in [2.75, 3.05) is 0 Å². The lowest BCUT2D eigenvalue weighted by molar-refractivity contribution is 0.0656. The van der Waals surface area contributed by atoms with Crippen molar-refractivity contribution < 1.29 is 14.3 Å². The molecule has 1 N–H and O–H groups in total. The van der Waals surface area contributed by atoms with Crippen molar-refractivity contribution in [1.82, 2.24) is 4.98 Å². The first-order valence-electron chi connectivity index (χ1n) is 3.46. The number of oxazole rings is 1. The van der Waals surface area contributed by atoms with Gasteiger partial charge in [0, 0.05) is 3.57 Å². The third kappa shape index (κ3) is 1.51. The Labute approximate surface area is 86.7 Å². The van der Waals surface area contributed by atoms with E-state index in [9.17, 15) is 4.79 Å². The first-order chi connectivity index (χ1) is 6.16. The molecule has 0 radical (unpaired) electrons. The number of carbonyl (C=O) groups is 1. The molecule has 0 unspecified atom stereocenters. The Morgan fingerprint density at radius 3 is 3.00 bits per heavy atom. The smallest absolute Gasteiger partial charge is 0.392 e. The minimum atomic E-state index is -1.15. The molecule has 0 bridgehead atoms. The van der Waals surface area contributed by atoms with Crippen LogP contribution in [0.2, 0.25) is 0 Å². The molecule has 0 aliphatic heterocycles. The van der Waals surface area contributed by atoms with Gasteiger partial charge in [0.2, 0.25) is 0 Å². The number of hydrogen-bond donors (Lipinski definition) is 1. The van der Waals surface area contributed by atoms with E-state index in [1.165, 1.54) is 0 Å². The molecule has 1 heterocycles. The zero-order valence-electron chi connectivity index (χ0n) is 6.32. The zero-order chi connectivity index (χ0) is 9.42. The summed E-state index contributed by atoms with van der Waals surface area (Å²) in [6.07, 6.45) is 0. The number of aromatic nitrogens is 1. The van der Waals surface area contributed by atoms with Crippen molar-refractivity contribution >= 4 is 39.7 Å². The van der Waals surface area contributed by atoms with Gasteiger partial charge in [-0.3, -0.25) is 0 Å². The van der Waals surface area contributed by atoms with Crippen molar-refractivity contribution in [3.8, 4) is 0 Å². The maximum absolute atomic E-state index is 10.5. The van der Waals surface area contributed by atoms with Crippen LogP contribution >= 0.6 is 22.6 Å². The fourth-order valence-electron chi connectivity index (χ4n) is 0.992. The van der Waals surface area contributed by atoms with E-state index in [0.29, 0.717) is 11.1 Å². The van der Waals surface area contributed by atoms with Crippen LogP contribution < -0.4 is 0 Å². The van der Waals surface area contributed by atoms with Crippen molar-refractivity contribution in [3.05, 3.63) is 27.7 Å². The Morgan fingerprint density at radius 2 is 2.31 bits per heavy atom. The van der Waals surface area contributed by atoms with Gasteiger partial charge in [0.1, 0.15) is 5.52 Å². The number of rotatable bonds is 1. The number of benzene rings is 1. The van der Waals surface area contributed by atoms with Crippen LogP contribution in [0.15, 0.2) is 22.6 Å². The Balaban J connectivity index is 2.68. The predicted molar refractivity (Wildman–Crippen MR) is 53.7 cm³/mol. The molecule has 0 fully saturated rings. The Morgan fingerprint density at radius 1 is 1.54 bits per heavy atom. The number of halogens is 1. The number of aromatic carboxylic acids is 1. The third-order valence-corrected chi connectivity index (χ3v) is 2.20. The average Bonchev–Trinajstić information content (AvgIpc) is 2.46. The molecule has 1 aromatic heterocycles. The summed E-state index contributed by atoms with van der Waals surface area (Å²) in [5.74, 6) is -1.41.